The second kappa shape index (κ2) is 5.76. The van der Waals surface area contributed by atoms with Crippen LogP contribution in [0.2, 0.25) is 0 Å². The van der Waals surface area contributed by atoms with Gasteiger partial charge in [0.25, 0.3) is 0 Å². The van der Waals surface area contributed by atoms with Gasteiger partial charge in [0.05, 0.1) is 18.9 Å². The Morgan fingerprint density at radius 2 is 2.18 bits per heavy atom. The maximum atomic E-state index is 11.7. The highest BCUT2D eigenvalue weighted by Crippen LogP contribution is 2.40. The summed E-state index contributed by atoms with van der Waals surface area (Å²) in [5.74, 6) is -0.154. The molecule has 1 aliphatic rings. The third-order valence-corrected chi connectivity index (χ3v) is 4.57. The predicted molar refractivity (Wildman–Crippen MR) is 85.8 cm³/mol. The second-order valence-electron chi connectivity index (χ2n) is 6.03. The van der Waals surface area contributed by atoms with Crippen molar-refractivity contribution < 1.29 is 14.3 Å². The third-order valence-electron chi connectivity index (χ3n) is 4.57. The van der Waals surface area contributed by atoms with E-state index in [1.807, 2.05) is 6.92 Å². The molecule has 2 aromatic rings. The summed E-state index contributed by atoms with van der Waals surface area (Å²) in [4.78, 5) is 11.7. The van der Waals surface area contributed by atoms with Crippen molar-refractivity contribution >= 4 is 16.9 Å². The molecule has 118 valence electrons. The van der Waals surface area contributed by atoms with Gasteiger partial charge in [0, 0.05) is 23.9 Å². The molecule has 0 amide bonds. The number of fused-ring (bicyclic) bond motifs is 3. The largest absolute Gasteiger partial charge is 0.466 e. The average Bonchev–Trinajstić information content (AvgIpc) is 2.81. The highest BCUT2D eigenvalue weighted by molar-refractivity contribution is 5.85. The smallest absolute Gasteiger partial charge is 0.305 e. The van der Waals surface area contributed by atoms with E-state index in [1.165, 1.54) is 22.2 Å². The molecule has 0 aliphatic carbocycles. The van der Waals surface area contributed by atoms with Crippen molar-refractivity contribution in [3.8, 4) is 0 Å². The Morgan fingerprint density at radius 3 is 2.95 bits per heavy atom. The summed E-state index contributed by atoms with van der Waals surface area (Å²) in [6.07, 6.45) is 1.02. The lowest BCUT2D eigenvalue weighted by molar-refractivity contribution is -0.146. The number of aryl methyl sites for hydroxylation is 1. The van der Waals surface area contributed by atoms with Crippen molar-refractivity contribution in [2.45, 2.75) is 45.8 Å². The fourth-order valence-corrected chi connectivity index (χ4v) is 3.59. The van der Waals surface area contributed by atoms with Gasteiger partial charge < -0.3 is 14.0 Å². The zero-order chi connectivity index (χ0) is 15.7. The van der Waals surface area contributed by atoms with E-state index < -0.39 is 5.60 Å². The number of hydrogen-bond acceptors (Lipinski definition) is 3. The number of hydrogen-bond donors (Lipinski definition) is 0. The number of carbonyl (C=O) groups excluding carboxylic acids is 1. The number of benzene rings is 1. The summed E-state index contributed by atoms with van der Waals surface area (Å²) in [5.41, 5.74) is 3.26. The van der Waals surface area contributed by atoms with E-state index in [0.29, 0.717) is 26.1 Å². The summed E-state index contributed by atoms with van der Waals surface area (Å²) in [7, 11) is 0. The SMILES string of the molecule is CCOC(=O)CCC1(C)OCCn2c1c(C)c1ccccc12. The van der Waals surface area contributed by atoms with Crippen LogP contribution in [-0.2, 0) is 26.4 Å². The fourth-order valence-electron chi connectivity index (χ4n) is 3.59. The summed E-state index contributed by atoms with van der Waals surface area (Å²) < 4.78 is 13.5. The summed E-state index contributed by atoms with van der Waals surface area (Å²) in [5, 5.41) is 1.27. The van der Waals surface area contributed by atoms with Crippen molar-refractivity contribution in [3.05, 3.63) is 35.5 Å². The van der Waals surface area contributed by atoms with Gasteiger partial charge in [-0.1, -0.05) is 18.2 Å². The molecule has 0 saturated carbocycles. The maximum Gasteiger partial charge on any atom is 0.305 e. The number of nitrogens with zero attached hydrogens (tertiary/aromatic N) is 1. The molecule has 22 heavy (non-hydrogen) atoms. The van der Waals surface area contributed by atoms with E-state index in [2.05, 4.69) is 42.7 Å². The van der Waals surface area contributed by atoms with Gasteiger partial charge in [-0.25, -0.2) is 0 Å². The number of rotatable bonds is 4. The molecule has 1 aliphatic heterocycles. The van der Waals surface area contributed by atoms with Gasteiger partial charge in [-0.15, -0.1) is 0 Å². The predicted octanol–water partition coefficient (Wildman–Crippen LogP) is 3.54. The first kappa shape index (κ1) is 15.1. The van der Waals surface area contributed by atoms with Gasteiger partial charge in [-0.3, -0.25) is 4.79 Å². The van der Waals surface area contributed by atoms with Crippen molar-refractivity contribution in [2.75, 3.05) is 13.2 Å². The molecule has 4 nitrogen and oxygen atoms in total. The van der Waals surface area contributed by atoms with Gasteiger partial charge in [-0.05, 0) is 38.8 Å². The third kappa shape index (κ3) is 2.41. The summed E-state index contributed by atoms with van der Waals surface area (Å²) in [6, 6.07) is 8.45. The molecule has 3 rings (SSSR count). The highest BCUT2D eigenvalue weighted by Gasteiger charge is 2.37. The van der Waals surface area contributed by atoms with E-state index in [0.717, 1.165) is 6.54 Å². The van der Waals surface area contributed by atoms with Crippen molar-refractivity contribution in [1.82, 2.24) is 4.57 Å². The monoisotopic (exact) mass is 301 g/mol. The number of esters is 1. The Balaban J connectivity index is 1.98. The van der Waals surface area contributed by atoms with Gasteiger partial charge in [-0.2, -0.15) is 0 Å². The average molecular weight is 301 g/mol. The molecule has 1 aromatic carbocycles. The lowest BCUT2D eigenvalue weighted by atomic mass is 9.91. The number of ether oxygens (including phenoxy) is 2. The van der Waals surface area contributed by atoms with Gasteiger partial charge in [0.15, 0.2) is 0 Å². The van der Waals surface area contributed by atoms with Crippen LogP contribution in [0.1, 0.15) is 37.9 Å². The zero-order valence-corrected chi connectivity index (χ0v) is 13.5. The van der Waals surface area contributed by atoms with E-state index in [1.54, 1.807) is 0 Å². The molecule has 1 unspecified atom stereocenters. The fraction of sp³-hybridized carbons (Fsp3) is 0.500. The van der Waals surface area contributed by atoms with E-state index in [-0.39, 0.29) is 5.97 Å². The number of carbonyl (C=O) groups is 1. The maximum absolute atomic E-state index is 11.7. The van der Waals surface area contributed by atoms with Crippen LogP contribution in [0.4, 0.5) is 0 Å². The molecule has 4 heteroatoms. The molecular formula is C18H23NO3. The molecule has 0 spiro atoms. The van der Waals surface area contributed by atoms with Crippen LogP contribution >= 0.6 is 0 Å². The molecular weight excluding hydrogens is 278 g/mol. The molecule has 0 radical (unpaired) electrons. The summed E-state index contributed by atoms with van der Waals surface area (Å²) in [6.45, 7) is 8.02. The van der Waals surface area contributed by atoms with E-state index in [4.69, 9.17) is 9.47 Å². The van der Waals surface area contributed by atoms with Crippen molar-refractivity contribution in [1.29, 1.82) is 0 Å². The number of aromatic nitrogens is 1. The molecule has 0 fully saturated rings. The van der Waals surface area contributed by atoms with Crippen molar-refractivity contribution in [3.63, 3.8) is 0 Å². The molecule has 1 aromatic heterocycles. The lowest BCUT2D eigenvalue weighted by Gasteiger charge is -2.36. The van der Waals surface area contributed by atoms with E-state index in [9.17, 15) is 4.79 Å². The van der Waals surface area contributed by atoms with Gasteiger partial charge in [0.1, 0.15) is 5.60 Å². The van der Waals surface area contributed by atoms with E-state index >= 15 is 0 Å². The quantitative estimate of drug-likeness (QED) is 0.811. The van der Waals surface area contributed by atoms with Crippen LogP contribution in [-0.4, -0.2) is 23.8 Å². The summed E-state index contributed by atoms with van der Waals surface area (Å²) >= 11 is 0. The molecule has 0 bridgehead atoms. The minimum atomic E-state index is -0.436. The molecule has 0 N–H and O–H groups in total. The minimum absolute atomic E-state index is 0.154. The van der Waals surface area contributed by atoms with Crippen LogP contribution in [0.15, 0.2) is 24.3 Å². The first-order valence-corrected chi connectivity index (χ1v) is 7.94. The Labute approximate surface area is 131 Å². The molecule has 0 saturated heterocycles. The Morgan fingerprint density at radius 1 is 1.41 bits per heavy atom. The minimum Gasteiger partial charge on any atom is -0.466 e. The first-order valence-electron chi connectivity index (χ1n) is 7.94. The lowest BCUT2D eigenvalue weighted by Crippen LogP contribution is -2.36. The Hall–Kier alpha value is -1.81. The zero-order valence-electron chi connectivity index (χ0n) is 13.5. The van der Waals surface area contributed by atoms with Crippen LogP contribution in [0.3, 0.4) is 0 Å². The van der Waals surface area contributed by atoms with Crippen molar-refractivity contribution in [2.24, 2.45) is 0 Å². The first-order chi connectivity index (χ1) is 10.6. The Kier molecular flexibility index (Phi) is 3.96. The standard InChI is InChI=1S/C18H23NO3/c1-4-21-16(20)9-10-18(3)17-13(2)14-7-5-6-8-15(14)19(17)11-12-22-18/h5-8H,4,9-12H2,1-3H3. The Bertz CT molecular complexity index is 704. The van der Waals surface area contributed by atoms with Crippen LogP contribution in [0.25, 0.3) is 10.9 Å². The van der Waals surface area contributed by atoms with Crippen LogP contribution in [0.5, 0.6) is 0 Å². The molecule has 1 atom stereocenters. The molecule has 2 heterocycles. The topological polar surface area (TPSA) is 40.5 Å². The highest BCUT2D eigenvalue weighted by atomic mass is 16.5. The van der Waals surface area contributed by atoms with Crippen LogP contribution < -0.4 is 0 Å². The van der Waals surface area contributed by atoms with Gasteiger partial charge >= 0.3 is 5.97 Å². The number of para-hydroxylation sites is 1. The normalized spacial score (nSPS) is 20.9. The second-order valence-corrected chi connectivity index (χ2v) is 6.03. The van der Waals surface area contributed by atoms with Gasteiger partial charge in [0.2, 0.25) is 0 Å². The van der Waals surface area contributed by atoms with Crippen LogP contribution in [0, 0.1) is 6.92 Å².